The van der Waals surface area contributed by atoms with Crippen molar-refractivity contribution in [2.75, 3.05) is 12.3 Å². The Hall–Kier alpha value is -0.750. The molecule has 0 bridgehead atoms. The van der Waals surface area contributed by atoms with Gasteiger partial charge in [-0.1, -0.05) is 36.9 Å². The van der Waals surface area contributed by atoms with Gasteiger partial charge in [0.05, 0.1) is 6.54 Å². The Morgan fingerprint density at radius 1 is 1.50 bits per heavy atom. The number of thioether (sulfide) groups is 1. The van der Waals surface area contributed by atoms with E-state index in [9.17, 15) is 4.79 Å². The monoisotopic (exact) mass is 285 g/mol. The smallest absolute Gasteiger partial charge is 0.304 e. The average molecular weight is 285 g/mol. The van der Waals surface area contributed by atoms with Crippen LogP contribution in [0.1, 0.15) is 32.4 Å². The second-order valence-corrected chi connectivity index (χ2v) is 6.45. The van der Waals surface area contributed by atoms with Crippen LogP contribution in [0.2, 0.25) is 0 Å². The van der Waals surface area contributed by atoms with E-state index in [0.717, 1.165) is 23.2 Å². The standard InChI is InChI=1S/C12H19N3OS2/c1-3-12(4-2)7-14-10(18-8-12)13-5-9-6-17-11(16)15-9/h6H,3-5,7-8H2,1-2H3,(H,13,14)(H,15,16). The molecule has 2 rings (SSSR count). The van der Waals surface area contributed by atoms with Crippen LogP contribution in [0.3, 0.4) is 0 Å². The molecule has 0 aliphatic carbocycles. The van der Waals surface area contributed by atoms with Gasteiger partial charge in [0.2, 0.25) is 0 Å². The minimum atomic E-state index is 0.000943. The molecule has 100 valence electrons. The number of aliphatic imine (C=N–C) groups is 1. The molecule has 0 aromatic carbocycles. The minimum absolute atomic E-state index is 0.000943. The molecule has 18 heavy (non-hydrogen) atoms. The third kappa shape index (κ3) is 3.17. The Morgan fingerprint density at radius 3 is 2.78 bits per heavy atom. The van der Waals surface area contributed by atoms with E-state index in [4.69, 9.17) is 0 Å². The van der Waals surface area contributed by atoms with Crippen LogP contribution in [0.25, 0.3) is 0 Å². The Morgan fingerprint density at radius 2 is 2.28 bits per heavy atom. The van der Waals surface area contributed by atoms with Crippen molar-refractivity contribution in [1.29, 1.82) is 0 Å². The molecule has 0 saturated heterocycles. The molecule has 2 N–H and O–H groups in total. The summed E-state index contributed by atoms with van der Waals surface area (Å²) in [6.45, 7) is 6.05. The zero-order valence-electron chi connectivity index (χ0n) is 10.8. The topological polar surface area (TPSA) is 57.2 Å². The molecule has 1 aromatic heterocycles. The second kappa shape index (κ2) is 5.93. The summed E-state index contributed by atoms with van der Waals surface area (Å²) in [6, 6.07) is 0. The summed E-state index contributed by atoms with van der Waals surface area (Å²) in [4.78, 5) is 18.4. The molecule has 1 aromatic rings. The maximum atomic E-state index is 11.0. The lowest BCUT2D eigenvalue weighted by atomic mass is 9.84. The van der Waals surface area contributed by atoms with E-state index < -0.39 is 0 Å². The van der Waals surface area contributed by atoms with Gasteiger partial charge in [-0.15, -0.1) is 0 Å². The SMILES string of the molecule is CCC1(CC)CN=C(NCc2csc(=O)[nH]2)SC1. The van der Waals surface area contributed by atoms with Crippen molar-refractivity contribution >= 4 is 28.3 Å². The van der Waals surface area contributed by atoms with Crippen LogP contribution >= 0.6 is 23.1 Å². The van der Waals surface area contributed by atoms with E-state index in [0.29, 0.717) is 12.0 Å². The number of hydrogen-bond acceptors (Lipinski definition) is 5. The van der Waals surface area contributed by atoms with Crippen molar-refractivity contribution in [2.24, 2.45) is 10.4 Å². The summed E-state index contributed by atoms with van der Waals surface area (Å²) in [5, 5.41) is 6.14. The highest BCUT2D eigenvalue weighted by atomic mass is 32.2. The summed E-state index contributed by atoms with van der Waals surface area (Å²) in [6.07, 6.45) is 2.37. The fraction of sp³-hybridized carbons (Fsp3) is 0.667. The quantitative estimate of drug-likeness (QED) is 0.893. The molecule has 1 aliphatic heterocycles. The lowest BCUT2D eigenvalue weighted by molar-refractivity contribution is 0.318. The number of thiazole rings is 1. The molecule has 6 heteroatoms. The number of nitrogens with zero attached hydrogens (tertiary/aromatic N) is 1. The normalized spacial score (nSPS) is 18.4. The fourth-order valence-corrected chi connectivity index (χ4v) is 3.76. The molecule has 0 atom stereocenters. The summed E-state index contributed by atoms with van der Waals surface area (Å²) >= 11 is 3.00. The van der Waals surface area contributed by atoms with Crippen molar-refractivity contribution in [1.82, 2.24) is 10.3 Å². The molecule has 0 spiro atoms. The number of amidine groups is 1. The van der Waals surface area contributed by atoms with Crippen LogP contribution in [0.15, 0.2) is 15.2 Å². The number of H-pyrrole nitrogens is 1. The summed E-state index contributed by atoms with van der Waals surface area (Å²) in [5.41, 5.74) is 1.31. The molecular weight excluding hydrogens is 266 g/mol. The molecule has 2 heterocycles. The number of hydrogen-bond donors (Lipinski definition) is 2. The van der Waals surface area contributed by atoms with Crippen molar-refractivity contribution < 1.29 is 0 Å². The van der Waals surface area contributed by atoms with Gasteiger partial charge in [0.15, 0.2) is 5.17 Å². The first-order valence-corrected chi connectivity index (χ1v) is 8.12. The largest absolute Gasteiger partial charge is 0.359 e. The zero-order valence-corrected chi connectivity index (χ0v) is 12.4. The zero-order chi connectivity index (χ0) is 13.0. The highest BCUT2D eigenvalue weighted by Gasteiger charge is 2.29. The van der Waals surface area contributed by atoms with Crippen LogP contribution < -0.4 is 10.2 Å². The van der Waals surface area contributed by atoms with Gasteiger partial charge in [0.1, 0.15) is 0 Å². The number of nitrogens with one attached hydrogen (secondary N) is 2. The van der Waals surface area contributed by atoms with E-state index >= 15 is 0 Å². The van der Waals surface area contributed by atoms with Crippen LogP contribution in [0.5, 0.6) is 0 Å². The summed E-state index contributed by atoms with van der Waals surface area (Å²) in [5.74, 6) is 1.13. The first-order valence-electron chi connectivity index (χ1n) is 6.25. The molecule has 0 fully saturated rings. The molecule has 0 unspecified atom stereocenters. The third-order valence-corrected chi connectivity index (χ3v) is 5.60. The van der Waals surface area contributed by atoms with Crippen LogP contribution in [-0.4, -0.2) is 22.4 Å². The molecule has 0 amide bonds. The van der Waals surface area contributed by atoms with Crippen molar-refractivity contribution in [2.45, 2.75) is 33.2 Å². The van der Waals surface area contributed by atoms with E-state index in [2.05, 4.69) is 29.1 Å². The van der Waals surface area contributed by atoms with Gasteiger partial charge in [0, 0.05) is 23.4 Å². The average Bonchev–Trinajstić information content (AvgIpc) is 2.83. The van der Waals surface area contributed by atoms with Gasteiger partial charge >= 0.3 is 4.87 Å². The lowest BCUT2D eigenvalue weighted by Crippen LogP contribution is -2.34. The number of aromatic nitrogens is 1. The molecule has 1 aliphatic rings. The summed E-state index contributed by atoms with van der Waals surface area (Å²) in [7, 11) is 0. The van der Waals surface area contributed by atoms with Crippen molar-refractivity contribution in [3.05, 3.63) is 20.7 Å². The maximum absolute atomic E-state index is 11.0. The van der Waals surface area contributed by atoms with Gasteiger partial charge in [-0.2, -0.15) is 0 Å². The van der Waals surface area contributed by atoms with Crippen molar-refractivity contribution in [3.8, 4) is 0 Å². The summed E-state index contributed by atoms with van der Waals surface area (Å²) < 4.78 is 0. The van der Waals surface area contributed by atoms with Gasteiger partial charge in [-0.25, -0.2) is 0 Å². The first-order chi connectivity index (χ1) is 8.67. The minimum Gasteiger partial charge on any atom is -0.359 e. The Balaban J connectivity index is 1.89. The van der Waals surface area contributed by atoms with Gasteiger partial charge < -0.3 is 10.3 Å². The van der Waals surface area contributed by atoms with Crippen LogP contribution in [0.4, 0.5) is 0 Å². The number of rotatable bonds is 4. The Bertz CT molecular complexity index is 474. The molecular formula is C12H19N3OS2. The lowest BCUT2D eigenvalue weighted by Gasteiger charge is -2.33. The second-order valence-electron chi connectivity index (χ2n) is 4.64. The van der Waals surface area contributed by atoms with E-state index in [1.165, 1.54) is 24.2 Å². The van der Waals surface area contributed by atoms with Crippen LogP contribution in [-0.2, 0) is 6.54 Å². The van der Waals surface area contributed by atoms with Crippen LogP contribution in [0, 0.1) is 5.41 Å². The molecule has 0 radical (unpaired) electrons. The highest BCUT2D eigenvalue weighted by molar-refractivity contribution is 8.13. The van der Waals surface area contributed by atoms with E-state index in [1.54, 1.807) is 11.8 Å². The van der Waals surface area contributed by atoms with Crippen molar-refractivity contribution in [3.63, 3.8) is 0 Å². The number of aromatic amines is 1. The first kappa shape index (κ1) is 13.7. The van der Waals surface area contributed by atoms with Gasteiger partial charge in [-0.05, 0) is 18.3 Å². The predicted octanol–water partition coefficient (Wildman–Crippen LogP) is 2.44. The van der Waals surface area contributed by atoms with E-state index in [1.807, 2.05) is 5.38 Å². The fourth-order valence-electron chi connectivity index (χ4n) is 1.91. The Labute approximate surface area is 115 Å². The molecule has 4 nitrogen and oxygen atoms in total. The highest BCUT2D eigenvalue weighted by Crippen LogP contribution is 2.34. The Kier molecular flexibility index (Phi) is 4.50. The van der Waals surface area contributed by atoms with E-state index in [-0.39, 0.29) is 4.87 Å². The van der Waals surface area contributed by atoms with Gasteiger partial charge in [-0.3, -0.25) is 9.79 Å². The predicted molar refractivity (Wildman–Crippen MR) is 79.6 cm³/mol. The molecule has 0 saturated carbocycles. The maximum Gasteiger partial charge on any atom is 0.304 e. The third-order valence-electron chi connectivity index (χ3n) is 3.57. The van der Waals surface area contributed by atoms with Gasteiger partial charge in [0.25, 0.3) is 0 Å².